The molecule has 0 bridgehead atoms. The van der Waals surface area contributed by atoms with E-state index in [9.17, 15) is 9.59 Å². The fourth-order valence-electron chi connectivity index (χ4n) is 0.790. The third kappa shape index (κ3) is 1.84. The topological polar surface area (TPSA) is 98.2 Å². The quantitative estimate of drug-likeness (QED) is 0.667. The Hall–Kier alpha value is -1.85. The minimum atomic E-state index is -1.01. The molecule has 0 fully saturated rings. The van der Waals surface area contributed by atoms with E-state index in [1.165, 1.54) is 24.0 Å². The van der Waals surface area contributed by atoms with E-state index in [0.717, 1.165) is 0 Å². The summed E-state index contributed by atoms with van der Waals surface area (Å²) in [6, 6.07) is -0.798. The number of carboxylic acid groups (broad SMARTS) is 1. The average molecular weight is 183 g/mol. The van der Waals surface area contributed by atoms with E-state index in [4.69, 9.17) is 10.8 Å². The molecule has 1 atom stereocenters. The Labute approximate surface area is 74.0 Å². The molecule has 0 aliphatic carbocycles. The van der Waals surface area contributed by atoms with Crippen molar-refractivity contribution in [3.63, 3.8) is 0 Å². The van der Waals surface area contributed by atoms with Gasteiger partial charge in [0, 0.05) is 6.20 Å². The zero-order valence-corrected chi connectivity index (χ0v) is 6.97. The van der Waals surface area contributed by atoms with Crippen LogP contribution in [-0.2, 0) is 4.79 Å². The molecule has 1 aromatic rings. The maximum Gasteiger partial charge on any atom is 0.328 e. The summed E-state index contributed by atoms with van der Waals surface area (Å²) < 4.78 is 1.17. The van der Waals surface area contributed by atoms with Gasteiger partial charge in [0.05, 0.1) is 11.8 Å². The van der Waals surface area contributed by atoms with Crippen molar-refractivity contribution in [2.24, 2.45) is 5.73 Å². The molecule has 6 nitrogen and oxygen atoms in total. The van der Waals surface area contributed by atoms with Crippen LogP contribution in [0.25, 0.3) is 0 Å². The molecule has 0 radical (unpaired) electrons. The largest absolute Gasteiger partial charge is 0.480 e. The summed E-state index contributed by atoms with van der Waals surface area (Å²) in [6.07, 6.45) is 2.54. The van der Waals surface area contributed by atoms with Gasteiger partial charge < -0.3 is 10.8 Å². The van der Waals surface area contributed by atoms with Crippen molar-refractivity contribution in [2.75, 3.05) is 0 Å². The van der Waals surface area contributed by atoms with E-state index >= 15 is 0 Å². The van der Waals surface area contributed by atoms with Crippen LogP contribution in [0.1, 0.15) is 23.3 Å². The van der Waals surface area contributed by atoms with E-state index in [0.29, 0.717) is 0 Å². The van der Waals surface area contributed by atoms with Crippen molar-refractivity contribution >= 4 is 11.9 Å². The first kappa shape index (κ1) is 9.24. The Bertz CT molecular complexity index is 345. The van der Waals surface area contributed by atoms with E-state index in [-0.39, 0.29) is 5.56 Å². The highest BCUT2D eigenvalue weighted by molar-refractivity contribution is 5.92. The number of nitrogens with two attached hydrogens (primary N) is 1. The van der Waals surface area contributed by atoms with Crippen molar-refractivity contribution in [3.8, 4) is 0 Å². The molecule has 0 aliphatic rings. The van der Waals surface area contributed by atoms with Gasteiger partial charge in [0.25, 0.3) is 5.91 Å². The van der Waals surface area contributed by atoms with Gasteiger partial charge >= 0.3 is 5.97 Å². The lowest BCUT2D eigenvalue weighted by Crippen LogP contribution is -2.16. The highest BCUT2D eigenvalue weighted by Gasteiger charge is 2.15. The lowest BCUT2D eigenvalue weighted by molar-refractivity contribution is -0.140. The molecule has 0 unspecified atom stereocenters. The monoisotopic (exact) mass is 183 g/mol. The number of aliphatic carboxylic acids is 1. The lowest BCUT2D eigenvalue weighted by atomic mass is 10.3. The summed E-state index contributed by atoms with van der Waals surface area (Å²) in [5.74, 6) is -1.64. The van der Waals surface area contributed by atoms with Crippen LogP contribution >= 0.6 is 0 Å². The van der Waals surface area contributed by atoms with Crippen LogP contribution in [0.15, 0.2) is 12.4 Å². The number of amides is 1. The first-order chi connectivity index (χ1) is 6.02. The Morgan fingerprint density at radius 2 is 2.31 bits per heavy atom. The standard InChI is InChI=1S/C7H9N3O3/c1-4(7(12)13)10-3-5(2-9-10)6(8)11/h2-4H,1H3,(H2,8,11)(H,12,13)/t4-/m0/s1. The highest BCUT2D eigenvalue weighted by atomic mass is 16.4. The zero-order valence-electron chi connectivity index (χ0n) is 6.97. The lowest BCUT2D eigenvalue weighted by Gasteiger charge is -2.04. The summed E-state index contributed by atoms with van der Waals surface area (Å²) in [5.41, 5.74) is 5.17. The number of carboxylic acids is 1. The third-order valence-corrected chi connectivity index (χ3v) is 1.64. The predicted molar refractivity (Wildman–Crippen MR) is 43.1 cm³/mol. The van der Waals surface area contributed by atoms with Crippen LogP contribution < -0.4 is 5.73 Å². The molecule has 13 heavy (non-hydrogen) atoms. The van der Waals surface area contributed by atoms with E-state index in [1.807, 2.05) is 0 Å². The molecule has 0 aromatic carbocycles. The normalized spacial score (nSPS) is 12.4. The van der Waals surface area contributed by atoms with E-state index in [1.54, 1.807) is 0 Å². The van der Waals surface area contributed by atoms with Crippen molar-refractivity contribution < 1.29 is 14.7 Å². The summed E-state index contributed by atoms with van der Waals surface area (Å²) in [5, 5.41) is 12.3. The Kier molecular flexibility index (Phi) is 2.32. The maximum atomic E-state index is 10.6. The number of primary amides is 1. The van der Waals surface area contributed by atoms with Crippen molar-refractivity contribution in [2.45, 2.75) is 13.0 Å². The number of rotatable bonds is 3. The fraction of sp³-hybridized carbons (Fsp3) is 0.286. The van der Waals surface area contributed by atoms with Crippen molar-refractivity contribution in [1.82, 2.24) is 9.78 Å². The first-order valence-electron chi connectivity index (χ1n) is 3.59. The molecule has 70 valence electrons. The van der Waals surface area contributed by atoms with Crippen LogP contribution in [0.4, 0.5) is 0 Å². The SMILES string of the molecule is C[C@@H](C(=O)O)n1cc(C(N)=O)cn1. The molecule has 0 saturated heterocycles. The summed E-state index contributed by atoms with van der Waals surface area (Å²) in [7, 11) is 0. The Morgan fingerprint density at radius 1 is 1.69 bits per heavy atom. The molecule has 3 N–H and O–H groups in total. The van der Waals surface area contributed by atoms with Crippen LogP contribution in [-0.4, -0.2) is 26.8 Å². The average Bonchev–Trinajstić information content (AvgIpc) is 2.50. The smallest absolute Gasteiger partial charge is 0.328 e. The van der Waals surface area contributed by atoms with Gasteiger partial charge in [-0.2, -0.15) is 5.10 Å². The van der Waals surface area contributed by atoms with Gasteiger partial charge in [-0.1, -0.05) is 0 Å². The van der Waals surface area contributed by atoms with Crippen molar-refractivity contribution in [3.05, 3.63) is 18.0 Å². The summed E-state index contributed by atoms with van der Waals surface area (Å²) >= 11 is 0. The van der Waals surface area contributed by atoms with Gasteiger partial charge in [-0.3, -0.25) is 9.48 Å². The molecule has 0 aliphatic heterocycles. The van der Waals surface area contributed by atoms with Gasteiger partial charge in [0.1, 0.15) is 6.04 Å². The Morgan fingerprint density at radius 3 is 2.69 bits per heavy atom. The second-order valence-electron chi connectivity index (χ2n) is 2.59. The minimum absolute atomic E-state index is 0.202. The predicted octanol–water partition coefficient (Wildman–Crippen LogP) is -0.372. The van der Waals surface area contributed by atoms with Gasteiger partial charge in [-0.05, 0) is 6.92 Å². The second kappa shape index (κ2) is 3.26. The molecular formula is C7H9N3O3. The van der Waals surface area contributed by atoms with Gasteiger partial charge in [0.2, 0.25) is 0 Å². The molecule has 1 heterocycles. The van der Waals surface area contributed by atoms with Crippen molar-refractivity contribution in [1.29, 1.82) is 0 Å². The van der Waals surface area contributed by atoms with E-state index < -0.39 is 17.9 Å². The third-order valence-electron chi connectivity index (χ3n) is 1.64. The van der Waals surface area contributed by atoms with Crippen LogP contribution in [0.2, 0.25) is 0 Å². The van der Waals surface area contributed by atoms with Gasteiger partial charge in [-0.25, -0.2) is 4.79 Å². The Balaban J connectivity index is 2.91. The fourth-order valence-corrected chi connectivity index (χ4v) is 0.790. The van der Waals surface area contributed by atoms with Gasteiger partial charge in [0.15, 0.2) is 0 Å². The van der Waals surface area contributed by atoms with Crippen LogP contribution in [0.3, 0.4) is 0 Å². The molecular weight excluding hydrogens is 174 g/mol. The van der Waals surface area contributed by atoms with Crippen LogP contribution in [0.5, 0.6) is 0 Å². The number of hydrogen-bond acceptors (Lipinski definition) is 3. The summed E-state index contributed by atoms with van der Waals surface area (Å²) in [6.45, 7) is 1.46. The number of carbonyl (C=O) groups excluding carboxylic acids is 1. The maximum absolute atomic E-state index is 10.6. The molecule has 6 heteroatoms. The van der Waals surface area contributed by atoms with Crippen LogP contribution in [0, 0.1) is 0 Å². The number of aromatic nitrogens is 2. The molecule has 1 rings (SSSR count). The molecule has 1 amide bonds. The molecule has 0 saturated carbocycles. The first-order valence-corrected chi connectivity index (χ1v) is 3.59. The minimum Gasteiger partial charge on any atom is -0.480 e. The number of nitrogens with zero attached hydrogens (tertiary/aromatic N) is 2. The molecule has 0 spiro atoms. The summed E-state index contributed by atoms with van der Waals surface area (Å²) in [4.78, 5) is 21.1. The van der Waals surface area contributed by atoms with E-state index in [2.05, 4.69) is 5.10 Å². The number of hydrogen-bond donors (Lipinski definition) is 2. The number of carbonyl (C=O) groups is 2. The zero-order chi connectivity index (χ0) is 10.0. The molecule has 1 aromatic heterocycles. The van der Waals surface area contributed by atoms with Gasteiger partial charge in [-0.15, -0.1) is 0 Å². The second-order valence-corrected chi connectivity index (χ2v) is 2.59. The highest BCUT2D eigenvalue weighted by Crippen LogP contribution is 2.05.